The van der Waals surface area contributed by atoms with Gasteiger partial charge in [-0.25, -0.2) is 14.4 Å². The molecule has 0 spiro atoms. The van der Waals surface area contributed by atoms with Gasteiger partial charge in [0.05, 0.1) is 17.8 Å². The molecule has 0 aliphatic heterocycles. The SMILES string of the molecule is COc1ccc(-c2cncnc2-c2ccc(OCc3c(F)cccc3Cl)cc2O)cc1. The molecule has 156 valence electrons. The molecule has 0 saturated carbocycles. The number of phenols is 1. The minimum absolute atomic E-state index is 0.0226. The second kappa shape index (κ2) is 9.02. The number of halogens is 2. The fourth-order valence-corrected chi connectivity index (χ4v) is 3.37. The van der Waals surface area contributed by atoms with Gasteiger partial charge in [0, 0.05) is 29.0 Å². The maximum Gasteiger partial charge on any atom is 0.131 e. The molecular weight excluding hydrogens is 419 g/mol. The van der Waals surface area contributed by atoms with E-state index >= 15 is 0 Å². The van der Waals surface area contributed by atoms with Gasteiger partial charge in [0.15, 0.2) is 0 Å². The maximum atomic E-state index is 13.9. The summed E-state index contributed by atoms with van der Waals surface area (Å²) in [7, 11) is 1.61. The highest BCUT2D eigenvalue weighted by Crippen LogP contribution is 2.37. The van der Waals surface area contributed by atoms with Crippen molar-refractivity contribution in [1.82, 2.24) is 9.97 Å². The van der Waals surface area contributed by atoms with Gasteiger partial charge in [0.1, 0.15) is 36.0 Å². The van der Waals surface area contributed by atoms with Crippen LogP contribution in [-0.2, 0) is 6.61 Å². The predicted octanol–water partition coefficient (Wildman–Crippen LogP) is 5.90. The molecule has 1 aromatic heterocycles. The summed E-state index contributed by atoms with van der Waals surface area (Å²) in [5, 5.41) is 10.9. The maximum absolute atomic E-state index is 13.9. The normalized spacial score (nSPS) is 10.7. The summed E-state index contributed by atoms with van der Waals surface area (Å²) in [6, 6.07) is 16.8. The van der Waals surface area contributed by atoms with Crippen LogP contribution in [0, 0.1) is 5.82 Å². The van der Waals surface area contributed by atoms with E-state index < -0.39 is 5.82 Å². The minimum atomic E-state index is -0.446. The van der Waals surface area contributed by atoms with Gasteiger partial charge < -0.3 is 14.6 Å². The van der Waals surface area contributed by atoms with Crippen LogP contribution >= 0.6 is 11.6 Å². The van der Waals surface area contributed by atoms with Gasteiger partial charge >= 0.3 is 0 Å². The summed E-state index contributed by atoms with van der Waals surface area (Å²) < 4.78 is 24.8. The van der Waals surface area contributed by atoms with Crippen molar-refractivity contribution in [3.8, 4) is 39.6 Å². The fraction of sp³-hybridized carbons (Fsp3) is 0.0833. The van der Waals surface area contributed by atoms with Crippen molar-refractivity contribution in [2.75, 3.05) is 7.11 Å². The number of methoxy groups -OCH3 is 1. The predicted molar refractivity (Wildman–Crippen MR) is 117 cm³/mol. The Labute approximate surface area is 183 Å². The van der Waals surface area contributed by atoms with Crippen molar-refractivity contribution in [1.29, 1.82) is 0 Å². The van der Waals surface area contributed by atoms with Gasteiger partial charge in [-0.15, -0.1) is 0 Å². The number of benzene rings is 3. The van der Waals surface area contributed by atoms with Crippen molar-refractivity contribution < 1.29 is 19.0 Å². The number of hydrogen-bond acceptors (Lipinski definition) is 5. The lowest BCUT2D eigenvalue weighted by Gasteiger charge is -2.13. The van der Waals surface area contributed by atoms with Gasteiger partial charge in [-0.1, -0.05) is 29.8 Å². The molecule has 0 fully saturated rings. The average molecular weight is 437 g/mol. The molecule has 3 aromatic carbocycles. The smallest absolute Gasteiger partial charge is 0.131 e. The molecule has 7 heteroatoms. The highest BCUT2D eigenvalue weighted by atomic mass is 35.5. The van der Waals surface area contributed by atoms with E-state index in [0.29, 0.717) is 17.0 Å². The van der Waals surface area contributed by atoms with E-state index in [2.05, 4.69) is 9.97 Å². The van der Waals surface area contributed by atoms with Gasteiger partial charge in [0.25, 0.3) is 0 Å². The Kier molecular flexibility index (Phi) is 6.00. The lowest BCUT2D eigenvalue weighted by molar-refractivity contribution is 0.298. The molecule has 1 heterocycles. The molecule has 0 aliphatic rings. The first kappa shape index (κ1) is 20.6. The second-order valence-electron chi connectivity index (χ2n) is 6.68. The summed E-state index contributed by atoms with van der Waals surface area (Å²) in [4.78, 5) is 8.48. The third-order valence-electron chi connectivity index (χ3n) is 4.78. The molecule has 0 radical (unpaired) electrons. The topological polar surface area (TPSA) is 64.5 Å². The van der Waals surface area contributed by atoms with Gasteiger partial charge in [-0.05, 0) is 42.0 Å². The summed E-state index contributed by atoms with van der Waals surface area (Å²) in [5.41, 5.74) is 2.98. The zero-order chi connectivity index (χ0) is 21.8. The number of ether oxygens (including phenoxy) is 2. The largest absolute Gasteiger partial charge is 0.507 e. The van der Waals surface area contributed by atoms with E-state index in [1.165, 1.54) is 24.5 Å². The lowest BCUT2D eigenvalue weighted by atomic mass is 10.00. The second-order valence-corrected chi connectivity index (χ2v) is 7.09. The Morgan fingerprint density at radius 3 is 2.48 bits per heavy atom. The van der Waals surface area contributed by atoms with E-state index in [1.807, 2.05) is 24.3 Å². The monoisotopic (exact) mass is 436 g/mol. The zero-order valence-electron chi connectivity index (χ0n) is 16.5. The average Bonchev–Trinajstić information content (AvgIpc) is 2.79. The highest BCUT2D eigenvalue weighted by Gasteiger charge is 2.15. The van der Waals surface area contributed by atoms with E-state index in [-0.39, 0.29) is 22.9 Å². The van der Waals surface area contributed by atoms with Crippen molar-refractivity contribution in [3.05, 3.63) is 89.6 Å². The van der Waals surface area contributed by atoms with Crippen LogP contribution < -0.4 is 9.47 Å². The van der Waals surface area contributed by atoms with Crippen LogP contribution in [-0.4, -0.2) is 22.2 Å². The van der Waals surface area contributed by atoms with Crippen molar-refractivity contribution in [2.24, 2.45) is 0 Å². The van der Waals surface area contributed by atoms with Crippen LogP contribution in [0.1, 0.15) is 5.56 Å². The highest BCUT2D eigenvalue weighted by molar-refractivity contribution is 6.31. The van der Waals surface area contributed by atoms with E-state index in [4.69, 9.17) is 21.1 Å². The molecule has 0 aliphatic carbocycles. The Balaban J connectivity index is 1.61. The molecule has 31 heavy (non-hydrogen) atoms. The molecule has 0 unspecified atom stereocenters. The van der Waals surface area contributed by atoms with Gasteiger partial charge in [0.2, 0.25) is 0 Å². The van der Waals surface area contributed by atoms with Crippen LogP contribution in [0.3, 0.4) is 0 Å². The first-order valence-electron chi connectivity index (χ1n) is 9.40. The molecule has 1 N–H and O–H groups in total. The standard InChI is InChI=1S/C24H18ClFN2O3/c1-30-16-7-5-15(6-8-16)19-12-27-14-28-24(19)18-10-9-17(11-23(18)29)31-13-20-21(25)3-2-4-22(20)26/h2-12,14,29H,13H2,1H3. The van der Waals surface area contributed by atoms with Crippen LogP contribution in [0.25, 0.3) is 22.4 Å². The van der Waals surface area contributed by atoms with Crippen LogP contribution in [0.15, 0.2) is 73.2 Å². The summed E-state index contributed by atoms with van der Waals surface area (Å²) in [6.07, 6.45) is 3.11. The molecule has 0 amide bonds. The Morgan fingerprint density at radius 2 is 1.77 bits per heavy atom. The number of hydrogen-bond donors (Lipinski definition) is 1. The first-order chi connectivity index (χ1) is 15.1. The molecule has 4 rings (SSSR count). The lowest BCUT2D eigenvalue weighted by Crippen LogP contribution is -1.99. The Morgan fingerprint density at radius 1 is 1.00 bits per heavy atom. The third-order valence-corrected chi connectivity index (χ3v) is 5.14. The minimum Gasteiger partial charge on any atom is -0.507 e. The summed E-state index contributed by atoms with van der Waals surface area (Å²) >= 11 is 6.04. The fourth-order valence-electron chi connectivity index (χ4n) is 3.15. The van der Waals surface area contributed by atoms with Gasteiger partial charge in [-0.3, -0.25) is 0 Å². The molecule has 4 aromatic rings. The van der Waals surface area contributed by atoms with Crippen molar-refractivity contribution in [3.63, 3.8) is 0 Å². The molecular formula is C24H18ClFN2O3. The number of aromatic nitrogens is 2. The molecule has 0 bridgehead atoms. The Bertz CT molecular complexity index is 1200. The molecule has 0 saturated heterocycles. The van der Waals surface area contributed by atoms with Crippen molar-refractivity contribution >= 4 is 11.6 Å². The Hall–Kier alpha value is -3.64. The number of nitrogens with zero attached hydrogens (tertiary/aromatic N) is 2. The van der Waals surface area contributed by atoms with E-state index in [9.17, 15) is 9.50 Å². The van der Waals surface area contributed by atoms with E-state index in [1.54, 1.807) is 31.5 Å². The molecule has 5 nitrogen and oxygen atoms in total. The molecule has 0 atom stereocenters. The first-order valence-corrected chi connectivity index (χ1v) is 9.78. The third kappa shape index (κ3) is 4.44. The van der Waals surface area contributed by atoms with Crippen molar-refractivity contribution in [2.45, 2.75) is 6.61 Å². The number of aromatic hydroxyl groups is 1. The van der Waals surface area contributed by atoms with Crippen LogP contribution in [0.4, 0.5) is 4.39 Å². The summed E-state index contributed by atoms with van der Waals surface area (Å²) in [5.74, 6) is 0.645. The quantitative estimate of drug-likeness (QED) is 0.408. The summed E-state index contributed by atoms with van der Waals surface area (Å²) in [6.45, 7) is -0.0606. The zero-order valence-corrected chi connectivity index (χ0v) is 17.3. The number of phenolic OH excluding ortho intramolecular Hbond substituents is 1. The van der Waals surface area contributed by atoms with Crippen LogP contribution in [0.5, 0.6) is 17.2 Å². The van der Waals surface area contributed by atoms with E-state index in [0.717, 1.165) is 16.9 Å². The van der Waals surface area contributed by atoms with Gasteiger partial charge in [-0.2, -0.15) is 0 Å². The van der Waals surface area contributed by atoms with Crippen LogP contribution in [0.2, 0.25) is 5.02 Å². The number of rotatable bonds is 6.